The van der Waals surface area contributed by atoms with Crippen molar-refractivity contribution in [2.45, 2.75) is 51.2 Å². The Bertz CT molecular complexity index is 857. The maximum absolute atomic E-state index is 13.2. The van der Waals surface area contributed by atoms with Crippen LogP contribution < -0.4 is 5.32 Å². The van der Waals surface area contributed by atoms with E-state index in [9.17, 15) is 4.79 Å². The van der Waals surface area contributed by atoms with Gasteiger partial charge in [-0.2, -0.15) is 0 Å². The summed E-state index contributed by atoms with van der Waals surface area (Å²) in [7, 11) is 1.90. The molecule has 4 rings (SSSR count). The summed E-state index contributed by atoms with van der Waals surface area (Å²) >= 11 is 1.66. The van der Waals surface area contributed by atoms with Crippen molar-refractivity contribution < 1.29 is 9.53 Å². The van der Waals surface area contributed by atoms with Crippen LogP contribution in [0.15, 0.2) is 24.4 Å². The summed E-state index contributed by atoms with van der Waals surface area (Å²) in [4.78, 5) is 21.7. The van der Waals surface area contributed by atoms with Gasteiger partial charge in [-0.3, -0.25) is 9.78 Å². The first-order valence-corrected chi connectivity index (χ1v) is 11.0. The molecule has 2 aromatic heterocycles. The number of aryl methyl sites for hydroxylation is 1. The van der Waals surface area contributed by atoms with E-state index < -0.39 is 0 Å². The molecule has 2 aliphatic heterocycles. The first-order chi connectivity index (χ1) is 13.5. The lowest BCUT2D eigenvalue weighted by molar-refractivity contribution is -0.0792. The summed E-state index contributed by atoms with van der Waals surface area (Å²) in [5, 5.41) is 3.42. The lowest BCUT2D eigenvalue weighted by Crippen LogP contribution is -2.44. The molecular weight excluding hydrogens is 370 g/mol. The number of ether oxygens (including phenoxy) is 1. The number of rotatable bonds is 4. The zero-order valence-electron chi connectivity index (χ0n) is 17.0. The summed E-state index contributed by atoms with van der Waals surface area (Å²) in [6, 6.07) is 6.29. The van der Waals surface area contributed by atoms with Crippen molar-refractivity contribution in [3.63, 3.8) is 0 Å². The Morgan fingerprint density at radius 2 is 2.18 bits per heavy atom. The summed E-state index contributed by atoms with van der Waals surface area (Å²) in [6.45, 7) is 6.86. The zero-order valence-corrected chi connectivity index (χ0v) is 17.8. The highest BCUT2D eigenvalue weighted by molar-refractivity contribution is 7.14. The molecular formula is C22H29N3O2S. The molecule has 0 radical (unpaired) electrons. The molecule has 6 heteroatoms. The molecule has 1 saturated heterocycles. The standard InChI is InChI=1S/C22H29N3O2S/c1-15-4-8-24-17(12-15)13-16(2)25(3)21(26)20-14-18-19(28-20)5-11-27-22(18)6-9-23-10-7-22/h4,8,12,14,16,23H,5-7,9-11,13H2,1-3H3. The number of carbonyl (C=O) groups is 1. The molecule has 0 aromatic carbocycles. The minimum absolute atomic E-state index is 0.0880. The van der Waals surface area contributed by atoms with Gasteiger partial charge < -0.3 is 15.0 Å². The molecule has 0 saturated carbocycles. The van der Waals surface area contributed by atoms with E-state index in [2.05, 4.69) is 36.3 Å². The van der Waals surface area contributed by atoms with Crippen LogP contribution in [-0.2, 0) is 23.2 Å². The largest absolute Gasteiger partial charge is 0.370 e. The normalized spacial score (nSPS) is 19.2. The predicted octanol–water partition coefficient (Wildman–Crippen LogP) is 3.31. The number of fused-ring (bicyclic) bond motifs is 2. The molecule has 0 aliphatic carbocycles. The highest BCUT2D eigenvalue weighted by atomic mass is 32.1. The molecule has 1 unspecified atom stereocenters. The van der Waals surface area contributed by atoms with Crippen LogP contribution in [0, 0.1) is 6.92 Å². The van der Waals surface area contributed by atoms with Crippen LogP contribution in [0.1, 0.15) is 51.1 Å². The van der Waals surface area contributed by atoms with Gasteiger partial charge in [0.2, 0.25) is 0 Å². The fourth-order valence-corrected chi connectivity index (χ4v) is 5.50. The van der Waals surface area contributed by atoms with Crippen molar-refractivity contribution in [2.24, 2.45) is 0 Å². The number of piperidine rings is 1. The van der Waals surface area contributed by atoms with Crippen LogP contribution in [0.5, 0.6) is 0 Å². The number of aromatic nitrogens is 1. The number of hydrogen-bond acceptors (Lipinski definition) is 5. The van der Waals surface area contributed by atoms with Gasteiger partial charge in [-0.25, -0.2) is 0 Å². The van der Waals surface area contributed by atoms with E-state index in [1.165, 1.54) is 16.0 Å². The lowest BCUT2D eigenvalue weighted by atomic mass is 9.83. The fraction of sp³-hybridized carbons (Fsp3) is 0.545. The van der Waals surface area contributed by atoms with Crippen LogP contribution in [0.3, 0.4) is 0 Å². The van der Waals surface area contributed by atoms with Crippen molar-refractivity contribution in [2.75, 3.05) is 26.7 Å². The fourth-order valence-electron chi connectivity index (χ4n) is 4.29. The van der Waals surface area contributed by atoms with Gasteiger partial charge in [0.25, 0.3) is 5.91 Å². The molecule has 1 fully saturated rings. The van der Waals surface area contributed by atoms with Gasteiger partial charge in [-0.05, 0) is 69.1 Å². The summed E-state index contributed by atoms with van der Waals surface area (Å²) in [5.74, 6) is 0.101. The average Bonchev–Trinajstić information content (AvgIpc) is 3.13. The number of carbonyl (C=O) groups excluding carboxylic acids is 1. The van der Waals surface area contributed by atoms with Crippen molar-refractivity contribution in [1.29, 1.82) is 0 Å². The smallest absolute Gasteiger partial charge is 0.263 e. The minimum atomic E-state index is -0.191. The summed E-state index contributed by atoms with van der Waals surface area (Å²) in [5.41, 5.74) is 3.29. The molecule has 150 valence electrons. The molecule has 1 spiro atoms. The second kappa shape index (κ2) is 7.93. The molecule has 28 heavy (non-hydrogen) atoms. The van der Waals surface area contributed by atoms with Crippen molar-refractivity contribution in [3.8, 4) is 0 Å². The zero-order chi connectivity index (χ0) is 19.7. The molecule has 1 atom stereocenters. The van der Waals surface area contributed by atoms with Gasteiger partial charge in [0.15, 0.2) is 0 Å². The van der Waals surface area contributed by atoms with E-state index in [1.807, 2.05) is 24.2 Å². The van der Waals surface area contributed by atoms with Gasteiger partial charge in [0, 0.05) is 42.7 Å². The number of likely N-dealkylation sites (N-methyl/N-ethyl adjacent to an activating group) is 1. The van der Waals surface area contributed by atoms with E-state index in [0.717, 1.165) is 56.0 Å². The quantitative estimate of drug-likeness (QED) is 0.857. The Hall–Kier alpha value is -1.76. The molecule has 2 aromatic rings. The average molecular weight is 400 g/mol. The van der Waals surface area contributed by atoms with Crippen LogP contribution in [0.25, 0.3) is 0 Å². The highest BCUT2D eigenvalue weighted by Crippen LogP contribution is 2.43. The second-order valence-corrected chi connectivity index (χ2v) is 9.22. The second-order valence-electron chi connectivity index (χ2n) is 8.08. The third-order valence-corrected chi connectivity index (χ3v) is 7.27. The molecule has 4 heterocycles. The van der Waals surface area contributed by atoms with Gasteiger partial charge in [0.05, 0.1) is 17.1 Å². The first-order valence-electron chi connectivity index (χ1n) is 10.1. The molecule has 1 N–H and O–H groups in total. The highest BCUT2D eigenvalue weighted by Gasteiger charge is 2.41. The van der Waals surface area contributed by atoms with Crippen LogP contribution in [-0.4, -0.2) is 48.6 Å². The van der Waals surface area contributed by atoms with E-state index in [1.54, 1.807) is 11.3 Å². The Labute approximate surface area is 171 Å². The third kappa shape index (κ3) is 3.73. The van der Waals surface area contributed by atoms with E-state index in [0.29, 0.717) is 0 Å². The topological polar surface area (TPSA) is 54.5 Å². The van der Waals surface area contributed by atoms with Crippen molar-refractivity contribution in [1.82, 2.24) is 15.2 Å². The monoisotopic (exact) mass is 399 g/mol. The Morgan fingerprint density at radius 3 is 2.93 bits per heavy atom. The molecule has 0 bridgehead atoms. The van der Waals surface area contributed by atoms with E-state index in [4.69, 9.17) is 4.74 Å². The number of nitrogens with zero attached hydrogens (tertiary/aromatic N) is 2. The van der Waals surface area contributed by atoms with Crippen molar-refractivity contribution in [3.05, 3.63) is 51.0 Å². The third-order valence-electron chi connectivity index (χ3n) is 6.09. The minimum Gasteiger partial charge on any atom is -0.370 e. The van der Waals surface area contributed by atoms with Gasteiger partial charge in [-0.15, -0.1) is 11.3 Å². The predicted molar refractivity (Wildman–Crippen MR) is 112 cm³/mol. The van der Waals surface area contributed by atoms with Gasteiger partial charge in [-0.1, -0.05) is 0 Å². The van der Waals surface area contributed by atoms with E-state index in [-0.39, 0.29) is 17.6 Å². The number of nitrogens with one attached hydrogen (secondary N) is 1. The Balaban J connectivity index is 1.52. The van der Waals surface area contributed by atoms with Gasteiger partial charge in [0.1, 0.15) is 0 Å². The molecule has 2 aliphatic rings. The SMILES string of the molecule is Cc1ccnc(CC(C)N(C)C(=O)c2cc3c(s2)CCOC32CCNCC2)c1. The summed E-state index contributed by atoms with van der Waals surface area (Å²) in [6.07, 6.45) is 5.47. The Kier molecular flexibility index (Phi) is 5.54. The maximum atomic E-state index is 13.2. The van der Waals surface area contributed by atoms with Crippen LogP contribution in [0.2, 0.25) is 0 Å². The van der Waals surface area contributed by atoms with Crippen LogP contribution >= 0.6 is 11.3 Å². The number of hydrogen-bond donors (Lipinski definition) is 1. The number of pyridine rings is 1. The van der Waals surface area contributed by atoms with Crippen molar-refractivity contribution >= 4 is 17.2 Å². The lowest BCUT2D eigenvalue weighted by Gasteiger charge is -2.40. The first kappa shape index (κ1) is 19.6. The Morgan fingerprint density at radius 1 is 1.39 bits per heavy atom. The number of thiophene rings is 1. The number of amides is 1. The van der Waals surface area contributed by atoms with E-state index >= 15 is 0 Å². The maximum Gasteiger partial charge on any atom is 0.263 e. The summed E-state index contributed by atoms with van der Waals surface area (Å²) < 4.78 is 6.26. The van der Waals surface area contributed by atoms with Crippen LogP contribution in [0.4, 0.5) is 0 Å². The van der Waals surface area contributed by atoms with Gasteiger partial charge >= 0.3 is 0 Å². The molecule has 5 nitrogen and oxygen atoms in total. The molecule has 1 amide bonds.